The summed E-state index contributed by atoms with van der Waals surface area (Å²) in [6.07, 6.45) is 0. The molecule has 0 saturated heterocycles. The highest BCUT2D eigenvalue weighted by Crippen LogP contribution is 2.35. The number of anilines is 1. The number of hydrogen-bond acceptors (Lipinski definition) is 5. The van der Waals surface area contributed by atoms with Crippen LogP contribution in [0.4, 0.5) is 5.00 Å². The van der Waals surface area contributed by atoms with Crippen molar-refractivity contribution in [3.05, 3.63) is 71.8 Å². The number of primary amides is 1. The van der Waals surface area contributed by atoms with Crippen molar-refractivity contribution in [2.24, 2.45) is 5.73 Å². The maximum Gasteiger partial charge on any atom is 0.296 e. The molecular formula is C21H18N2O4S. The number of amides is 2. The number of Topliss-reactive ketones (excluding diaryl/α,β-unsaturated/α-hetero) is 1. The molecule has 0 spiro atoms. The molecule has 0 bridgehead atoms. The first kappa shape index (κ1) is 19.3. The molecule has 0 saturated carbocycles. The Hall–Kier alpha value is -3.45. The fourth-order valence-corrected chi connectivity index (χ4v) is 3.58. The average Bonchev–Trinajstić information content (AvgIpc) is 3.12. The van der Waals surface area contributed by atoms with Crippen LogP contribution in [0.1, 0.15) is 15.9 Å². The molecule has 6 nitrogen and oxygen atoms in total. The van der Waals surface area contributed by atoms with Gasteiger partial charge in [0.2, 0.25) is 0 Å². The van der Waals surface area contributed by atoms with Crippen LogP contribution in [0.25, 0.3) is 10.4 Å². The summed E-state index contributed by atoms with van der Waals surface area (Å²) in [4.78, 5) is 36.9. The Morgan fingerprint density at radius 2 is 1.71 bits per heavy atom. The molecule has 7 heteroatoms. The maximum atomic E-state index is 12.3. The summed E-state index contributed by atoms with van der Waals surface area (Å²) in [5.41, 5.74) is 7.31. The molecule has 1 aromatic heterocycles. The molecule has 0 aliphatic heterocycles. The number of ether oxygens (including phenoxy) is 1. The van der Waals surface area contributed by atoms with E-state index in [0.717, 1.165) is 16.0 Å². The van der Waals surface area contributed by atoms with E-state index in [1.54, 1.807) is 18.2 Å². The molecular weight excluding hydrogens is 376 g/mol. The van der Waals surface area contributed by atoms with E-state index >= 15 is 0 Å². The molecule has 0 unspecified atom stereocenters. The van der Waals surface area contributed by atoms with Crippen LogP contribution in [0.3, 0.4) is 0 Å². The van der Waals surface area contributed by atoms with Crippen LogP contribution in [-0.2, 0) is 9.59 Å². The Morgan fingerprint density at radius 1 is 1.04 bits per heavy atom. The predicted octanol–water partition coefficient (Wildman–Crippen LogP) is 3.41. The predicted molar refractivity (Wildman–Crippen MR) is 109 cm³/mol. The van der Waals surface area contributed by atoms with Gasteiger partial charge in [-0.2, -0.15) is 0 Å². The standard InChI is InChI=1S/C21H18N2O4S/c1-13-7-5-6-10-17(13)27-12-16(24)20(26)23-21-15(19(22)25)11-18(28-21)14-8-3-2-4-9-14/h2-11H,12H2,1H3,(H2,22,25)(H,23,26). The number of nitrogens with one attached hydrogen (secondary N) is 1. The van der Waals surface area contributed by atoms with E-state index in [2.05, 4.69) is 5.32 Å². The number of aryl methyl sites for hydroxylation is 1. The second kappa shape index (κ2) is 8.49. The van der Waals surface area contributed by atoms with Crippen LogP contribution < -0.4 is 15.8 Å². The van der Waals surface area contributed by atoms with Gasteiger partial charge in [-0.15, -0.1) is 11.3 Å². The Bertz CT molecular complexity index is 1030. The molecule has 2 aromatic carbocycles. The van der Waals surface area contributed by atoms with Crippen LogP contribution in [0.2, 0.25) is 0 Å². The van der Waals surface area contributed by atoms with E-state index in [9.17, 15) is 14.4 Å². The van der Waals surface area contributed by atoms with Crippen molar-refractivity contribution in [1.29, 1.82) is 0 Å². The lowest BCUT2D eigenvalue weighted by molar-refractivity contribution is -0.136. The second-order valence-electron chi connectivity index (χ2n) is 6.02. The van der Waals surface area contributed by atoms with E-state index in [-0.39, 0.29) is 10.6 Å². The molecule has 28 heavy (non-hydrogen) atoms. The highest BCUT2D eigenvalue weighted by Gasteiger charge is 2.21. The zero-order valence-corrected chi connectivity index (χ0v) is 15.9. The number of hydrogen-bond donors (Lipinski definition) is 2. The minimum atomic E-state index is -0.863. The fourth-order valence-electron chi connectivity index (χ4n) is 2.51. The average molecular weight is 394 g/mol. The largest absolute Gasteiger partial charge is 0.485 e. The van der Waals surface area contributed by atoms with Crippen LogP contribution >= 0.6 is 11.3 Å². The lowest BCUT2D eigenvalue weighted by atomic mass is 10.1. The highest BCUT2D eigenvalue weighted by molar-refractivity contribution is 7.20. The van der Waals surface area contributed by atoms with Crippen LogP contribution in [0, 0.1) is 6.92 Å². The van der Waals surface area contributed by atoms with Gasteiger partial charge in [0, 0.05) is 4.88 Å². The maximum absolute atomic E-state index is 12.3. The topological polar surface area (TPSA) is 98.5 Å². The molecule has 0 radical (unpaired) electrons. The summed E-state index contributed by atoms with van der Waals surface area (Å²) >= 11 is 1.18. The molecule has 3 rings (SSSR count). The van der Waals surface area contributed by atoms with Gasteiger partial charge in [0.1, 0.15) is 10.8 Å². The number of ketones is 1. The third kappa shape index (κ3) is 4.44. The number of carbonyl (C=O) groups is 3. The van der Waals surface area contributed by atoms with Crippen molar-refractivity contribution in [2.45, 2.75) is 6.92 Å². The first-order valence-corrected chi connectivity index (χ1v) is 9.29. The number of para-hydroxylation sites is 1. The van der Waals surface area contributed by atoms with Crippen LogP contribution in [0.5, 0.6) is 5.75 Å². The van der Waals surface area contributed by atoms with Crippen molar-refractivity contribution >= 4 is 33.9 Å². The minimum Gasteiger partial charge on any atom is -0.485 e. The minimum absolute atomic E-state index is 0.157. The lowest BCUT2D eigenvalue weighted by Crippen LogP contribution is -2.28. The summed E-state index contributed by atoms with van der Waals surface area (Å²) in [5.74, 6) is -1.77. The quantitative estimate of drug-likeness (QED) is 0.600. The van der Waals surface area contributed by atoms with Crippen LogP contribution in [0.15, 0.2) is 60.7 Å². The highest BCUT2D eigenvalue weighted by atomic mass is 32.1. The summed E-state index contributed by atoms with van der Waals surface area (Å²) in [6.45, 7) is 1.44. The summed E-state index contributed by atoms with van der Waals surface area (Å²) in [7, 11) is 0. The third-order valence-electron chi connectivity index (χ3n) is 3.99. The molecule has 142 valence electrons. The van der Waals surface area contributed by atoms with E-state index < -0.39 is 24.2 Å². The first-order valence-electron chi connectivity index (χ1n) is 8.47. The van der Waals surface area contributed by atoms with E-state index in [4.69, 9.17) is 10.5 Å². The summed E-state index contributed by atoms with van der Waals surface area (Å²) in [6, 6.07) is 18.2. The van der Waals surface area contributed by atoms with Crippen molar-refractivity contribution in [3.8, 4) is 16.2 Å². The number of nitrogens with two attached hydrogens (primary N) is 1. The van der Waals surface area contributed by atoms with Gasteiger partial charge in [-0.3, -0.25) is 14.4 Å². The fraction of sp³-hybridized carbons (Fsp3) is 0.0952. The van der Waals surface area contributed by atoms with Gasteiger partial charge in [0.05, 0.1) is 5.56 Å². The molecule has 3 aromatic rings. The van der Waals surface area contributed by atoms with E-state index in [1.807, 2.05) is 49.4 Å². The Balaban J connectivity index is 1.72. The zero-order valence-electron chi connectivity index (χ0n) is 15.1. The van der Waals surface area contributed by atoms with Gasteiger partial charge >= 0.3 is 0 Å². The van der Waals surface area contributed by atoms with Gasteiger partial charge in [-0.25, -0.2) is 0 Å². The smallest absolute Gasteiger partial charge is 0.296 e. The van der Waals surface area contributed by atoms with E-state index in [1.165, 1.54) is 11.3 Å². The van der Waals surface area contributed by atoms with Crippen molar-refractivity contribution in [3.63, 3.8) is 0 Å². The van der Waals surface area contributed by atoms with E-state index in [0.29, 0.717) is 5.75 Å². The first-order chi connectivity index (χ1) is 13.5. The monoisotopic (exact) mass is 394 g/mol. The van der Waals surface area contributed by atoms with Crippen molar-refractivity contribution in [1.82, 2.24) is 0 Å². The van der Waals surface area contributed by atoms with Gasteiger partial charge in [0.15, 0.2) is 6.61 Å². The molecule has 3 N–H and O–H groups in total. The molecule has 1 heterocycles. The molecule has 0 aliphatic carbocycles. The number of rotatable bonds is 7. The third-order valence-corrected chi connectivity index (χ3v) is 5.09. The number of thiophene rings is 1. The molecule has 0 atom stereocenters. The van der Waals surface area contributed by atoms with Crippen molar-refractivity contribution in [2.75, 3.05) is 11.9 Å². The Kier molecular flexibility index (Phi) is 5.86. The Morgan fingerprint density at radius 3 is 2.39 bits per heavy atom. The molecule has 2 amide bonds. The number of benzene rings is 2. The second-order valence-corrected chi connectivity index (χ2v) is 7.07. The normalized spacial score (nSPS) is 10.3. The lowest BCUT2D eigenvalue weighted by Gasteiger charge is -2.08. The summed E-state index contributed by atoms with van der Waals surface area (Å²) < 4.78 is 5.41. The van der Waals surface area contributed by atoms with Gasteiger partial charge in [-0.05, 0) is 30.2 Å². The zero-order chi connectivity index (χ0) is 20.1. The Labute approximate surface area is 165 Å². The molecule has 0 aliphatic rings. The summed E-state index contributed by atoms with van der Waals surface area (Å²) in [5, 5.41) is 2.72. The van der Waals surface area contributed by atoms with Crippen LogP contribution in [-0.4, -0.2) is 24.2 Å². The molecule has 0 fully saturated rings. The van der Waals surface area contributed by atoms with Crippen molar-refractivity contribution < 1.29 is 19.1 Å². The SMILES string of the molecule is Cc1ccccc1OCC(=O)C(=O)Nc1sc(-c2ccccc2)cc1C(N)=O. The van der Waals surface area contributed by atoms with Gasteiger partial charge < -0.3 is 15.8 Å². The van der Waals surface area contributed by atoms with Gasteiger partial charge in [-0.1, -0.05) is 48.5 Å². The van der Waals surface area contributed by atoms with Gasteiger partial charge in [0.25, 0.3) is 17.6 Å². The number of carbonyl (C=O) groups excluding carboxylic acids is 3.